The Bertz CT molecular complexity index is 353. The summed E-state index contributed by atoms with van der Waals surface area (Å²) in [6.07, 6.45) is 11.1. The summed E-state index contributed by atoms with van der Waals surface area (Å²) in [6.45, 7) is 0.263. The Kier molecular flexibility index (Phi) is 7.49. The van der Waals surface area contributed by atoms with Gasteiger partial charge in [0.15, 0.2) is 0 Å². The smallest absolute Gasteiger partial charge is 0.447 e. The summed E-state index contributed by atoms with van der Waals surface area (Å²) in [5.41, 5.74) is 0. The molecule has 0 bridgehead atoms. The normalized spacial score (nSPS) is 20.2. The molecule has 0 heterocycles. The Morgan fingerprint density at radius 1 is 0.870 bits per heavy atom. The second kappa shape index (κ2) is 9.63. The maximum Gasteiger partial charge on any atom is 0.549 e. The Balaban J connectivity index is 1.79. The fourth-order valence-electron chi connectivity index (χ4n) is 4.35. The van der Waals surface area contributed by atoms with Gasteiger partial charge in [0.2, 0.25) is 0 Å². The van der Waals surface area contributed by atoms with E-state index in [2.05, 4.69) is 9.78 Å². The fraction of sp³-hybridized carbons (Fsp3) is 0.882. The maximum atomic E-state index is 11.2. The van der Waals surface area contributed by atoms with Crippen LogP contribution < -0.4 is 0 Å². The van der Waals surface area contributed by atoms with Gasteiger partial charge in [-0.1, -0.05) is 64.2 Å². The number of carbonyl (C=O) groups excluding carboxylic acids is 1. The van der Waals surface area contributed by atoms with Crippen molar-refractivity contribution >= 4 is 12.3 Å². The molecule has 0 unspecified atom stereocenters. The zero-order valence-corrected chi connectivity index (χ0v) is 13.7. The van der Waals surface area contributed by atoms with Crippen LogP contribution in [0.3, 0.4) is 0 Å². The molecule has 2 aliphatic rings. The van der Waals surface area contributed by atoms with Crippen LogP contribution in [0.15, 0.2) is 0 Å². The molecule has 0 aliphatic heterocycles. The highest BCUT2D eigenvalue weighted by molar-refractivity contribution is 5.62. The molecule has 0 amide bonds. The highest BCUT2D eigenvalue weighted by Gasteiger charge is 2.31. The fourth-order valence-corrected chi connectivity index (χ4v) is 4.35. The molecule has 132 valence electrons. The molecule has 2 fully saturated rings. The summed E-state index contributed by atoms with van der Waals surface area (Å²) in [4.78, 5) is 29.1. The van der Waals surface area contributed by atoms with Crippen molar-refractivity contribution in [2.45, 2.75) is 70.6 Å². The van der Waals surface area contributed by atoms with Gasteiger partial charge in [-0.25, -0.2) is 9.68 Å². The summed E-state index contributed by atoms with van der Waals surface area (Å²) >= 11 is 0. The molecule has 0 aromatic rings. The van der Waals surface area contributed by atoms with Crippen LogP contribution >= 0.6 is 0 Å². The van der Waals surface area contributed by atoms with Crippen molar-refractivity contribution in [2.75, 3.05) is 6.61 Å². The van der Waals surface area contributed by atoms with Crippen molar-refractivity contribution in [1.82, 2.24) is 0 Å². The number of hydrogen-bond donors (Lipinski definition) is 1. The van der Waals surface area contributed by atoms with Crippen molar-refractivity contribution in [3.63, 3.8) is 0 Å². The molecule has 6 nitrogen and oxygen atoms in total. The van der Waals surface area contributed by atoms with Gasteiger partial charge in [-0.2, -0.15) is 9.68 Å². The number of hydrogen-bond acceptors (Lipinski definition) is 5. The standard InChI is InChI=1S/C17H28O6/c18-16(19)22-23-17(20)21-12-11-15(13-7-3-1-4-8-13)14-9-5-2-6-10-14/h13-15H,1-12H2,(H,18,19). The van der Waals surface area contributed by atoms with E-state index in [0.717, 1.165) is 18.3 Å². The van der Waals surface area contributed by atoms with Crippen LogP contribution in [-0.4, -0.2) is 24.0 Å². The molecule has 6 heteroatoms. The Hall–Kier alpha value is -1.46. The molecule has 0 saturated heterocycles. The van der Waals surface area contributed by atoms with Gasteiger partial charge in [0, 0.05) is 0 Å². The van der Waals surface area contributed by atoms with Crippen molar-refractivity contribution in [3.8, 4) is 0 Å². The van der Waals surface area contributed by atoms with E-state index in [1.807, 2.05) is 0 Å². The van der Waals surface area contributed by atoms with Gasteiger partial charge in [0.25, 0.3) is 0 Å². The number of carboxylic acid groups (broad SMARTS) is 1. The lowest BCUT2D eigenvalue weighted by molar-refractivity contribution is -0.213. The first kappa shape index (κ1) is 17.9. The largest absolute Gasteiger partial charge is 0.549 e. The summed E-state index contributed by atoms with van der Waals surface area (Å²) < 4.78 is 4.96. The first-order valence-electron chi connectivity index (χ1n) is 8.91. The van der Waals surface area contributed by atoms with Crippen molar-refractivity contribution in [1.29, 1.82) is 0 Å². The lowest BCUT2D eigenvalue weighted by Crippen LogP contribution is -2.28. The topological polar surface area (TPSA) is 82.1 Å². The van der Waals surface area contributed by atoms with E-state index in [9.17, 15) is 9.59 Å². The Labute approximate surface area is 137 Å². The number of carbonyl (C=O) groups is 2. The minimum Gasteiger partial charge on any atom is -0.447 e. The predicted octanol–water partition coefficient (Wildman–Crippen LogP) is 4.92. The van der Waals surface area contributed by atoms with Crippen LogP contribution in [0, 0.1) is 17.8 Å². The molecule has 0 aromatic heterocycles. The summed E-state index contributed by atoms with van der Waals surface area (Å²) in [6, 6.07) is 0. The highest BCUT2D eigenvalue weighted by Crippen LogP contribution is 2.41. The number of rotatable bonds is 5. The molecule has 0 spiro atoms. The summed E-state index contributed by atoms with van der Waals surface area (Å²) in [5.74, 6) is 2.08. The average Bonchev–Trinajstić information content (AvgIpc) is 2.58. The molecule has 0 aromatic carbocycles. The van der Waals surface area contributed by atoms with Gasteiger partial charge < -0.3 is 9.84 Å². The van der Waals surface area contributed by atoms with Gasteiger partial charge in [-0.05, 0) is 24.2 Å². The van der Waals surface area contributed by atoms with Gasteiger partial charge in [0.1, 0.15) is 0 Å². The molecule has 23 heavy (non-hydrogen) atoms. The minimum atomic E-state index is -1.66. The zero-order valence-electron chi connectivity index (χ0n) is 13.7. The molecule has 2 aliphatic carbocycles. The van der Waals surface area contributed by atoms with Crippen LogP contribution in [0.2, 0.25) is 0 Å². The van der Waals surface area contributed by atoms with Crippen LogP contribution in [-0.2, 0) is 14.5 Å². The van der Waals surface area contributed by atoms with Gasteiger partial charge in [-0.3, -0.25) is 0 Å². The molecular formula is C17H28O6. The average molecular weight is 328 g/mol. The third-order valence-electron chi connectivity index (χ3n) is 5.36. The van der Waals surface area contributed by atoms with Crippen LogP contribution in [0.5, 0.6) is 0 Å². The van der Waals surface area contributed by atoms with Gasteiger partial charge in [-0.15, -0.1) is 0 Å². The quantitative estimate of drug-likeness (QED) is 0.438. The lowest BCUT2D eigenvalue weighted by atomic mass is 9.68. The molecular weight excluding hydrogens is 300 g/mol. The minimum absolute atomic E-state index is 0.263. The number of ether oxygens (including phenoxy) is 1. The van der Waals surface area contributed by atoms with Crippen molar-refractivity contribution < 1.29 is 29.2 Å². The Morgan fingerprint density at radius 2 is 1.39 bits per heavy atom. The highest BCUT2D eigenvalue weighted by atomic mass is 17.3. The van der Waals surface area contributed by atoms with Gasteiger partial charge in [0.05, 0.1) is 6.61 Å². The predicted molar refractivity (Wildman–Crippen MR) is 82.8 cm³/mol. The van der Waals surface area contributed by atoms with Crippen molar-refractivity contribution in [3.05, 3.63) is 0 Å². The molecule has 0 atom stereocenters. The molecule has 2 saturated carbocycles. The molecule has 0 radical (unpaired) electrons. The maximum absolute atomic E-state index is 11.2. The van der Waals surface area contributed by atoms with E-state index in [1.165, 1.54) is 64.2 Å². The summed E-state index contributed by atoms with van der Waals surface area (Å²) in [7, 11) is 0. The van der Waals surface area contributed by atoms with E-state index in [4.69, 9.17) is 9.84 Å². The Morgan fingerprint density at radius 3 is 1.87 bits per heavy atom. The van der Waals surface area contributed by atoms with E-state index < -0.39 is 12.3 Å². The second-order valence-corrected chi connectivity index (χ2v) is 6.78. The molecule has 2 rings (SSSR count). The van der Waals surface area contributed by atoms with Gasteiger partial charge >= 0.3 is 12.3 Å². The van der Waals surface area contributed by atoms with E-state index in [-0.39, 0.29) is 6.61 Å². The van der Waals surface area contributed by atoms with E-state index in [1.54, 1.807) is 0 Å². The lowest BCUT2D eigenvalue weighted by Gasteiger charge is -2.37. The zero-order chi connectivity index (χ0) is 16.5. The second-order valence-electron chi connectivity index (χ2n) is 6.78. The summed E-state index contributed by atoms with van der Waals surface area (Å²) in [5, 5.41) is 8.26. The van der Waals surface area contributed by atoms with Crippen LogP contribution in [0.25, 0.3) is 0 Å². The third kappa shape index (κ3) is 6.28. The van der Waals surface area contributed by atoms with Crippen LogP contribution in [0.1, 0.15) is 70.6 Å². The third-order valence-corrected chi connectivity index (χ3v) is 5.36. The van der Waals surface area contributed by atoms with E-state index >= 15 is 0 Å². The monoisotopic (exact) mass is 328 g/mol. The SMILES string of the molecule is O=C(O)OOC(=O)OCCC(C1CCCCC1)C1CCCCC1. The van der Waals surface area contributed by atoms with Crippen LogP contribution in [0.4, 0.5) is 9.59 Å². The first-order valence-corrected chi connectivity index (χ1v) is 8.91. The van der Waals surface area contributed by atoms with E-state index in [0.29, 0.717) is 5.92 Å². The molecule has 1 N–H and O–H groups in total. The first-order chi connectivity index (χ1) is 11.2. The van der Waals surface area contributed by atoms with Crippen molar-refractivity contribution in [2.24, 2.45) is 17.8 Å².